The third-order valence-corrected chi connectivity index (χ3v) is 4.54. The summed E-state index contributed by atoms with van der Waals surface area (Å²) < 4.78 is 6.33. The van der Waals surface area contributed by atoms with Crippen molar-refractivity contribution in [3.8, 4) is 16.5 Å². The monoisotopic (exact) mass is 382 g/mol. The number of hydrogen-bond donors (Lipinski definition) is 2. The molecule has 0 aliphatic carbocycles. The molecule has 0 fully saturated rings. The van der Waals surface area contributed by atoms with Crippen molar-refractivity contribution in [3.63, 3.8) is 0 Å². The van der Waals surface area contributed by atoms with Gasteiger partial charge in [0.15, 0.2) is 5.69 Å². The summed E-state index contributed by atoms with van der Waals surface area (Å²) in [5.41, 5.74) is 1.01. The van der Waals surface area contributed by atoms with Crippen molar-refractivity contribution in [3.05, 3.63) is 63.2 Å². The molecule has 0 saturated heterocycles. The van der Waals surface area contributed by atoms with Crippen molar-refractivity contribution in [2.75, 3.05) is 5.32 Å². The number of aromatic amines is 1. The number of hydrogen-bond acceptors (Lipinski definition) is 7. The molecule has 9 nitrogen and oxygen atoms in total. The Labute approximate surface area is 156 Å². The molecule has 0 atom stereocenters. The van der Waals surface area contributed by atoms with E-state index >= 15 is 0 Å². The fourth-order valence-corrected chi connectivity index (χ4v) is 3.18. The topological polar surface area (TPSA) is 119 Å². The first-order valence-electron chi connectivity index (χ1n) is 7.96. The lowest BCUT2D eigenvalue weighted by Crippen LogP contribution is -2.19. The minimum atomic E-state index is -0.458. The molecule has 136 valence electrons. The van der Waals surface area contributed by atoms with E-state index < -0.39 is 5.91 Å². The molecule has 0 saturated carbocycles. The zero-order valence-electron chi connectivity index (χ0n) is 14.4. The highest BCUT2D eigenvalue weighted by Crippen LogP contribution is 2.27. The van der Waals surface area contributed by atoms with Crippen molar-refractivity contribution in [1.29, 1.82) is 0 Å². The average Bonchev–Trinajstić information content (AvgIpc) is 3.33. The van der Waals surface area contributed by atoms with E-state index in [0.717, 1.165) is 4.88 Å². The summed E-state index contributed by atoms with van der Waals surface area (Å²) >= 11 is 1.51. The number of rotatable bonds is 4. The number of carbonyl (C=O) groups excluding carboxylic acids is 1. The maximum Gasteiger partial charge on any atom is 0.279 e. The van der Waals surface area contributed by atoms with Gasteiger partial charge in [0.1, 0.15) is 17.3 Å². The van der Waals surface area contributed by atoms with Gasteiger partial charge in [-0.2, -0.15) is 9.78 Å². The zero-order chi connectivity index (χ0) is 19.0. The van der Waals surface area contributed by atoms with Crippen LogP contribution in [0.15, 0.2) is 45.0 Å². The van der Waals surface area contributed by atoms with Crippen LogP contribution in [0, 0.1) is 13.8 Å². The van der Waals surface area contributed by atoms with E-state index in [1.165, 1.54) is 28.2 Å². The Morgan fingerprint density at radius 1 is 1.30 bits per heavy atom. The summed E-state index contributed by atoms with van der Waals surface area (Å²) in [7, 11) is 0. The summed E-state index contributed by atoms with van der Waals surface area (Å²) in [6.07, 6.45) is 0. The Hall–Kier alpha value is -3.53. The summed E-state index contributed by atoms with van der Waals surface area (Å²) in [6, 6.07) is 8.43. The largest absolute Gasteiger partial charge is 0.361 e. The lowest BCUT2D eigenvalue weighted by molar-refractivity contribution is 0.101. The standard InChI is InChI=1S/C17H14N6O3S/c1-9-6-15(24)20-17(18-9)23-14(8-11(21-23)13-4-3-5-27-13)19-16(25)12-7-10(2)26-22-12/h3-8H,1-2H3,(H,19,25)(H,18,20,24). The minimum Gasteiger partial charge on any atom is -0.361 e. The molecule has 2 N–H and O–H groups in total. The van der Waals surface area contributed by atoms with Crippen molar-refractivity contribution < 1.29 is 9.32 Å². The number of aromatic nitrogens is 5. The Morgan fingerprint density at radius 2 is 2.15 bits per heavy atom. The van der Waals surface area contributed by atoms with Crippen molar-refractivity contribution >= 4 is 23.1 Å². The predicted molar refractivity (Wildman–Crippen MR) is 99.2 cm³/mol. The smallest absolute Gasteiger partial charge is 0.279 e. The normalized spacial score (nSPS) is 10.9. The molecule has 0 bridgehead atoms. The summed E-state index contributed by atoms with van der Waals surface area (Å²) in [6.45, 7) is 3.41. The molecule has 0 spiro atoms. The van der Waals surface area contributed by atoms with E-state index in [2.05, 4.69) is 25.5 Å². The molecule has 27 heavy (non-hydrogen) atoms. The number of nitrogens with one attached hydrogen (secondary N) is 2. The first kappa shape index (κ1) is 16.9. The molecule has 10 heteroatoms. The van der Waals surface area contributed by atoms with Crippen LogP contribution in [0.2, 0.25) is 0 Å². The zero-order valence-corrected chi connectivity index (χ0v) is 15.2. The van der Waals surface area contributed by atoms with Crippen LogP contribution in [0.1, 0.15) is 21.9 Å². The first-order chi connectivity index (χ1) is 13.0. The van der Waals surface area contributed by atoms with Gasteiger partial charge in [-0.15, -0.1) is 11.3 Å². The third kappa shape index (κ3) is 3.42. The van der Waals surface area contributed by atoms with Crippen LogP contribution in [0.3, 0.4) is 0 Å². The quantitative estimate of drug-likeness (QED) is 0.560. The van der Waals surface area contributed by atoms with Gasteiger partial charge in [-0.1, -0.05) is 11.2 Å². The van der Waals surface area contributed by atoms with Crippen molar-refractivity contribution in [2.45, 2.75) is 13.8 Å². The predicted octanol–water partition coefficient (Wildman–Crippen LogP) is 2.54. The van der Waals surface area contributed by atoms with E-state index in [-0.39, 0.29) is 17.2 Å². The van der Waals surface area contributed by atoms with E-state index in [1.807, 2.05) is 17.5 Å². The van der Waals surface area contributed by atoms with Gasteiger partial charge in [0.2, 0.25) is 5.95 Å². The SMILES string of the molecule is Cc1cc(=O)[nH]c(-n2nc(-c3cccs3)cc2NC(=O)c2cc(C)on2)n1. The van der Waals surface area contributed by atoms with Gasteiger partial charge in [0.05, 0.1) is 4.88 Å². The van der Waals surface area contributed by atoms with Crippen molar-refractivity contribution in [1.82, 2.24) is 24.9 Å². The molecule has 4 aromatic heterocycles. The molecule has 0 radical (unpaired) electrons. The van der Waals surface area contributed by atoms with Gasteiger partial charge in [-0.25, -0.2) is 4.98 Å². The maximum atomic E-state index is 12.5. The Balaban J connectivity index is 1.79. The van der Waals surface area contributed by atoms with Crippen LogP contribution in [-0.4, -0.2) is 30.8 Å². The molecular formula is C17H14N6O3S. The van der Waals surface area contributed by atoms with Gasteiger partial charge in [0, 0.05) is 23.9 Å². The molecule has 0 aliphatic heterocycles. The van der Waals surface area contributed by atoms with E-state index in [0.29, 0.717) is 23.0 Å². The molecule has 0 unspecified atom stereocenters. The second-order valence-corrected chi connectivity index (χ2v) is 6.74. The fourth-order valence-electron chi connectivity index (χ4n) is 2.49. The highest BCUT2D eigenvalue weighted by molar-refractivity contribution is 7.13. The second-order valence-electron chi connectivity index (χ2n) is 5.79. The number of amides is 1. The minimum absolute atomic E-state index is 0.142. The van der Waals surface area contributed by atoms with Crippen LogP contribution in [-0.2, 0) is 0 Å². The van der Waals surface area contributed by atoms with E-state index in [4.69, 9.17) is 4.52 Å². The van der Waals surface area contributed by atoms with E-state index in [9.17, 15) is 9.59 Å². The summed E-state index contributed by atoms with van der Waals surface area (Å²) in [4.78, 5) is 32.2. The second kappa shape index (κ2) is 6.65. The number of H-pyrrole nitrogens is 1. The number of thiophene rings is 1. The highest BCUT2D eigenvalue weighted by atomic mass is 32.1. The Kier molecular flexibility index (Phi) is 4.16. The molecule has 4 rings (SSSR count). The average molecular weight is 382 g/mol. The van der Waals surface area contributed by atoms with Gasteiger partial charge >= 0.3 is 0 Å². The number of anilines is 1. The van der Waals surface area contributed by atoms with E-state index in [1.54, 1.807) is 19.9 Å². The summed E-state index contributed by atoms with van der Waals surface area (Å²) in [5, 5.41) is 12.9. The summed E-state index contributed by atoms with van der Waals surface area (Å²) in [5.74, 6) is 0.616. The fraction of sp³-hybridized carbons (Fsp3) is 0.118. The van der Waals surface area contributed by atoms with Crippen LogP contribution in [0.5, 0.6) is 0 Å². The Morgan fingerprint density at radius 3 is 2.81 bits per heavy atom. The number of carbonyl (C=O) groups is 1. The van der Waals surface area contributed by atoms with Gasteiger partial charge < -0.3 is 9.84 Å². The lowest BCUT2D eigenvalue weighted by Gasteiger charge is -2.07. The van der Waals surface area contributed by atoms with Crippen LogP contribution < -0.4 is 10.9 Å². The van der Waals surface area contributed by atoms with Gasteiger partial charge in [-0.3, -0.25) is 14.6 Å². The Bertz CT molecular complexity index is 1170. The molecule has 4 aromatic rings. The van der Waals surface area contributed by atoms with Gasteiger partial charge in [-0.05, 0) is 25.3 Å². The maximum absolute atomic E-state index is 12.5. The molecule has 4 heterocycles. The van der Waals surface area contributed by atoms with Crippen molar-refractivity contribution in [2.24, 2.45) is 0 Å². The van der Waals surface area contributed by atoms with Crippen LogP contribution in [0.4, 0.5) is 5.82 Å². The molecule has 1 amide bonds. The molecule has 0 aliphatic rings. The lowest BCUT2D eigenvalue weighted by atomic mass is 10.3. The van der Waals surface area contributed by atoms with Crippen LogP contribution in [0.25, 0.3) is 16.5 Å². The number of nitrogens with zero attached hydrogens (tertiary/aromatic N) is 4. The van der Waals surface area contributed by atoms with Gasteiger partial charge in [0.25, 0.3) is 11.5 Å². The number of aryl methyl sites for hydroxylation is 2. The first-order valence-corrected chi connectivity index (χ1v) is 8.84. The molecule has 0 aromatic carbocycles. The highest BCUT2D eigenvalue weighted by Gasteiger charge is 2.18. The third-order valence-electron chi connectivity index (χ3n) is 3.64. The van der Waals surface area contributed by atoms with Crippen LogP contribution >= 0.6 is 11.3 Å². The molecular weight excluding hydrogens is 368 g/mol.